The third-order valence-corrected chi connectivity index (χ3v) is 3.63. The summed E-state index contributed by atoms with van der Waals surface area (Å²) in [5, 5.41) is 5.08. The van der Waals surface area contributed by atoms with Crippen LogP contribution in [-0.2, 0) is 14.3 Å². The normalized spacial score (nSPS) is 17.6. The summed E-state index contributed by atoms with van der Waals surface area (Å²) in [5.41, 5.74) is 0.384. The van der Waals surface area contributed by atoms with E-state index in [-0.39, 0.29) is 35.1 Å². The molecule has 6 nitrogen and oxygen atoms in total. The molecule has 1 aliphatic rings. The highest BCUT2D eigenvalue weighted by molar-refractivity contribution is 6.31. The van der Waals surface area contributed by atoms with E-state index >= 15 is 0 Å². The van der Waals surface area contributed by atoms with Gasteiger partial charge in [0, 0.05) is 23.4 Å². The predicted octanol–water partition coefficient (Wildman–Crippen LogP) is 2.30. The van der Waals surface area contributed by atoms with Crippen molar-refractivity contribution in [3.63, 3.8) is 0 Å². The fraction of sp³-hybridized carbons (Fsp3) is 0.333. The summed E-state index contributed by atoms with van der Waals surface area (Å²) >= 11 is 6.05. The largest absolute Gasteiger partial charge is 0.460 e. The molecule has 1 aromatic rings. The van der Waals surface area contributed by atoms with E-state index < -0.39 is 23.9 Å². The Bertz CT molecular complexity index is 643. The molecule has 0 spiro atoms. The number of halogens is 2. The number of amides is 2. The van der Waals surface area contributed by atoms with Crippen molar-refractivity contribution in [1.82, 2.24) is 10.6 Å². The Morgan fingerprint density at radius 1 is 1.39 bits per heavy atom. The van der Waals surface area contributed by atoms with E-state index in [0.717, 1.165) is 0 Å². The van der Waals surface area contributed by atoms with Crippen molar-refractivity contribution in [3.05, 3.63) is 45.9 Å². The van der Waals surface area contributed by atoms with E-state index in [4.69, 9.17) is 21.1 Å². The van der Waals surface area contributed by atoms with E-state index in [1.807, 2.05) is 0 Å². The summed E-state index contributed by atoms with van der Waals surface area (Å²) < 4.78 is 24.1. The summed E-state index contributed by atoms with van der Waals surface area (Å²) in [4.78, 5) is 24.0. The van der Waals surface area contributed by atoms with Gasteiger partial charge in [-0.3, -0.25) is 0 Å². The standard InChI is InChI=1S/C15H16ClFN2O4/c1-8-11(14(20)23-7-6-22-2)13(19-15(21)18-8)12-9(16)4-3-5-10(12)17/h3-5,13H,6-7H2,1-2H3,(H2,18,19,21)/t13-/m1/s1. The van der Waals surface area contributed by atoms with Gasteiger partial charge in [-0.2, -0.15) is 0 Å². The van der Waals surface area contributed by atoms with Crippen LogP contribution in [0, 0.1) is 5.82 Å². The number of hydrogen-bond acceptors (Lipinski definition) is 4. The first-order valence-electron chi connectivity index (χ1n) is 6.84. The smallest absolute Gasteiger partial charge is 0.338 e. The van der Waals surface area contributed by atoms with Crippen LogP contribution in [0.3, 0.4) is 0 Å². The summed E-state index contributed by atoms with van der Waals surface area (Å²) in [6, 6.07) is 2.54. The van der Waals surface area contributed by atoms with Crippen molar-refractivity contribution in [2.75, 3.05) is 20.3 Å². The monoisotopic (exact) mass is 342 g/mol. The first kappa shape index (κ1) is 17.2. The van der Waals surface area contributed by atoms with Gasteiger partial charge in [0.25, 0.3) is 0 Å². The molecule has 2 N–H and O–H groups in total. The number of urea groups is 1. The third-order valence-electron chi connectivity index (χ3n) is 3.30. The Morgan fingerprint density at radius 3 is 2.78 bits per heavy atom. The first-order valence-corrected chi connectivity index (χ1v) is 7.21. The topological polar surface area (TPSA) is 76.7 Å². The Morgan fingerprint density at radius 2 is 2.13 bits per heavy atom. The molecule has 1 aromatic carbocycles. The number of carbonyl (C=O) groups excluding carboxylic acids is 2. The Hall–Kier alpha value is -2.12. The SMILES string of the molecule is COCCOC(=O)C1=C(C)NC(=O)N[C@H]1c1c(F)cccc1Cl. The average Bonchev–Trinajstić information content (AvgIpc) is 2.46. The molecule has 0 unspecified atom stereocenters. The number of rotatable bonds is 5. The zero-order valence-electron chi connectivity index (χ0n) is 12.6. The van der Waals surface area contributed by atoms with Gasteiger partial charge in [-0.05, 0) is 19.1 Å². The molecule has 8 heteroatoms. The van der Waals surface area contributed by atoms with Crippen LogP contribution in [0.25, 0.3) is 0 Å². The van der Waals surface area contributed by atoms with E-state index in [9.17, 15) is 14.0 Å². The summed E-state index contributed by atoms with van der Waals surface area (Å²) in [7, 11) is 1.47. The van der Waals surface area contributed by atoms with Crippen molar-refractivity contribution in [2.24, 2.45) is 0 Å². The quantitative estimate of drug-likeness (QED) is 0.636. The zero-order valence-corrected chi connectivity index (χ0v) is 13.4. The van der Waals surface area contributed by atoms with Crippen molar-refractivity contribution in [2.45, 2.75) is 13.0 Å². The Balaban J connectivity index is 2.40. The molecule has 0 saturated carbocycles. The van der Waals surface area contributed by atoms with Crippen molar-refractivity contribution in [3.8, 4) is 0 Å². The minimum absolute atomic E-state index is 0.0158. The van der Waals surface area contributed by atoms with Crippen molar-refractivity contribution < 1.29 is 23.5 Å². The average molecular weight is 343 g/mol. The van der Waals surface area contributed by atoms with Crippen LogP contribution in [0.15, 0.2) is 29.5 Å². The van der Waals surface area contributed by atoms with E-state index in [1.165, 1.54) is 32.2 Å². The Labute approximate surface area is 137 Å². The maximum absolute atomic E-state index is 14.2. The number of esters is 1. The maximum Gasteiger partial charge on any atom is 0.338 e. The molecule has 0 saturated heterocycles. The fourth-order valence-corrected chi connectivity index (χ4v) is 2.53. The molecule has 2 amide bonds. The van der Waals surface area contributed by atoms with Crippen molar-refractivity contribution >= 4 is 23.6 Å². The number of benzene rings is 1. The van der Waals surface area contributed by atoms with Gasteiger partial charge >= 0.3 is 12.0 Å². The number of methoxy groups -OCH3 is 1. The van der Waals surface area contributed by atoms with Gasteiger partial charge in [0.2, 0.25) is 0 Å². The summed E-state index contributed by atoms with van der Waals surface area (Å²) in [5.74, 6) is -1.31. The molecule has 23 heavy (non-hydrogen) atoms. The lowest BCUT2D eigenvalue weighted by molar-refractivity contribution is -0.140. The second kappa shape index (κ2) is 7.43. The van der Waals surface area contributed by atoms with Crippen LogP contribution in [0.5, 0.6) is 0 Å². The molecule has 2 rings (SSSR count). The number of carbonyl (C=O) groups is 2. The van der Waals surface area contributed by atoms with Crippen LogP contribution in [0.4, 0.5) is 9.18 Å². The highest BCUT2D eigenvalue weighted by Crippen LogP contribution is 2.33. The molecule has 1 heterocycles. The van der Waals surface area contributed by atoms with Crippen LogP contribution in [0.2, 0.25) is 5.02 Å². The minimum atomic E-state index is -1.03. The molecule has 0 fully saturated rings. The number of hydrogen-bond donors (Lipinski definition) is 2. The van der Waals surface area contributed by atoms with Gasteiger partial charge in [0.15, 0.2) is 0 Å². The predicted molar refractivity (Wildman–Crippen MR) is 81.4 cm³/mol. The number of allylic oxidation sites excluding steroid dienone is 1. The van der Waals surface area contributed by atoms with Gasteiger partial charge in [0.05, 0.1) is 18.2 Å². The molecular formula is C15H16ClFN2O4. The zero-order chi connectivity index (χ0) is 17.0. The fourth-order valence-electron chi connectivity index (χ4n) is 2.26. The van der Waals surface area contributed by atoms with Crippen LogP contribution in [-0.4, -0.2) is 32.3 Å². The molecule has 0 aliphatic carbocycles. The highest BCUT2D eigenvalue weighted by Gasteiger charge is 2.34. The maximum atomic E-state index is 14.2. The van der Waals surface area contributed by atoms with Crippen LogP contribution in [0.1, 0.15) is 18.5 Å². The van der Waals surface area contributed by atoms with Gasteiger partial charge in [-0.15, -0.1) is 0 Å². The van der Waals surface area contributed by atoms with Crippen LogP contribution < -0.4 is 10.6 Å². The molecule has 0 bridgehead atoms. The molecule has 1 atom stereocenters. The lowest BCUT2D eigenvalue weighted by Crippen LogP contribution is -2.45. The van der Waals surface area contributed by atoms with Gasteiger partial charge in [-0.25, -0.2) is 14.0 Å². The molecule has 0 radical (unpaired) electrons. The van der Waals surface area contributed by atoms with Gasteiger partial charge < -0.3 is 20.1 Å². The lowest BCUT2D eigenvalue weighted by atomic mass is 9.95. The van der Waals surface area contributed by atoms with E-state index in [0.29, 0.717) is 0 Å². The van der Waals surface area contributed by atoms with E-state index in [2.05, 4.69) is 10.6 Å². The second-order valence-electron chi connectivity index (χ2n) is 4.83. The van der Waals surface area contributed by atoms with Crippen LogP contribution >= 0.6 is 11.6 Å². The first-order chi connectivity index (χ1) is 11.0. The molecule has 124 valence electrons. The van der Waals surface area contributed by atoms with Crippen molar-refractivity contribution in [1.29, 1.82) is 0 Å². The third kappa shape index (κ3) is 3.80. The number of ether oxygens (including phenoxy) is 2. The molecule has 1 aliphatic heterocycles. The van der Waals surface area contributed by atoms with Gasteiger partial charge in [-0.1, -0.05) is 17.7 Å². The summed E-state index contributed by atoms with van der Waals surface area (Å²) in [6.45, 7) is 1.80. The summed E-state index contributed by atoms with van der Waals surface area (Å²) in [6.07, 6.45) is 0. The second-order valence-corrected chi connectivity index (χ2v) is 5.24. The Kier molecular flexibility index (Phi) is 5.57. The molecule has 0 aromatic heterocycles. The van der Waals surface area contributed by atoms with E-state index in [1.54, 1.807) is 0 Å². The van der Waals surface area contributed by atoms with Gasteiger partial charge in [0.1, 0.15) is 12.4 Å². The lowest BCUT2D eigenvalue weighted by Gasteiger charge is -2.28. The number of nitrogens with one attached hydrogen (secondary N) is 2. The minimum Gasteiger partial charge on any atom is -0.460 e. The molecular weight excluding hydrogens is 327 g/mol. The highest BCUT2D eigenvalue weighted by atomic mass is 35.5.